The highest BCUT2D eigenvalue weighted by molar-refractivity contribution is 5.91. The van der Waals surface area contributed by atoms with Crippen LogP contribution in [0.5, 0.6) is 5.75 Å². The summed E-state index contributed by atoms with van der Waals surface area (Å²) in [6, 6.07) is 9.31. The lowest BCUT2D eigenvalue weighted by atomic mass is 10.0. The van der Waals surface area contributed by atoms with Gasteiger partial charge in [-0.1, -0.05) is 24.8 Å². The maximum absolute atomic E-state index is 11.1. The van der Waals surface area contributed by atoms with Crippen molar-refractivity contribution in [1.82, 2.24) is 5.32 Å². The minimum atomic E-state index is -0.192. The van der Waals surface area contributed by atoms with Gasteiger partial charge >= 0.3 is 0 Å². The smallest absolute Gasteiger partial charge is 0.243 e. The number of nitrogens with one attached hydrogen (secondary N) is 1. The normalized spacial score (nSPS) is 10.3. The van der Waals surface area contributed by atoms with Crippen LogP contribution in [0, 0.1) is 6.92 Å². The summed E-state index contributed by atoms with van der Waals surface area (Å²) in [5.41, 5.74) is 2.09. The average molecular weight is 241 g/mol. The average Bonchev–Trinajstić information content (AvgIpc) is 2.40. The van der Waals surface area contributed by atoms with Gasteiger partial charge < -0.3 is 10.4 Å². The summed E-state index contributed by atoms with van der Waals surface area (Å²) < 4.78 is 0. The second-order valence-corrected chi connectivity index (χ2v) is 4.20. The molecule has 3 nitrogen and oxygen atoms in total. The monoisotopic (exact) mass is 241 g/mol. The molecule has 0 unspecified atom stereocenters. The number of aromatic hydroxyl groups is 1. The predicted molar refractivity (Wildman–Crippen MR) is 72.4 cm³/mol. The molecular weight excluding hydrogens is 226 g/mol. The predicted octanol–water partition coefficient (Wildman–Crippen LogP) is 2.66. The Labute approximate surface area is 106 Å². The molecule has 0 heterocycles. The van der Waals surface area contributed by atoms with E-state index in [4.69, 9.17) is 0 Å². The van der Waals surface area contributed by atoms with Gasteiger partial charge in [-0.25, -0.2) is 0 Å². The summed E-state index contributed by atoms with van der Waals surface area (Å²) in [4.78, 5) is 11.1. The summed E-state index contributed by atoms with van der Waals surface area (Å²) in [7, 11) is 0. The zero-order chi connectivity index (χ0) is 13.1. The van der Waals surface area contributed by atoms with Crippen LogP contribution in [-0.4, -0.2) is 11.0 Å². The number of benzene rings is 2. The third kappa shape index (κ3) is 2.35. The first-order valence-electron chi connectivity index (χ1n) is 5.73. The fraction of sp³-hybridized carbons (Fsp3) is 0.133. The van der Waals surface area contributed by atoms with Crippen molar-refractivity contribution in [2.45, 2.75) is 13.5 Å². The van der Waals surface area contributed by atoms with Crippen molar-refractivity contribution < 1.29 is 9.90 Å². The first-order valence-corrected chi connectivity index (χ1v) is 5.73. The van der Waals surface area contributed by atoms with Gasteiger partial charge in [-0.15, -0.1) is 0 Å². The number of amides is 1. The first-order chi connectivity index (χ1) is 8.61. The Balaban J connectivity index is 2.35. The molecule has 0 radical (unpaired) electrons. The largest absolute Gasteiger partial charge is 0.507 e. The Kier molecular flexibility index (Phi) is 3.33. The molecule has 0 saturated heterocycles. The van der Waals surface area contributed by atoms with Crippen LogP contribution in [0.4, 0.5) is 0 Å². The zero-order valence-corrected chi connectivity index (χ0v) is 10.2. The molecule has 1 amide bonds. The Morgan fingerprint density at radius 3 is 2.83 bits per heavy atom. The molecule has 0 spiro atoms. The fourth-order valence-corrected chi connectivity index (χ4v) is 1.90. The number of rotatable bonds is 3. The SMILES string of the molecule is C=CC(=O)NCc1ccc2c(O)ccc(C)c2c1. The van der Waals surface area contributed by atoms with Crippen molar-refractivity contribution in [3.05, 3.63) is 54.1 Å². The summed E-state index contributed by atoms with van der Waals surface area (Å²) in [6.07, 6.45) is 1.25. The van der Waals surface area contributed by atoms with E-state index in [9.17, 15) is 9.90 Å². The molecule has 18 heavy (non-hydrogen) atoms. The van der Waals surface area contributed by atoms with Gasteiger partial charge in [0.15, 0.2) is 0 Å². The van der Waals surface area contributed by atoms with E-state index >= 15 is 0 Å². The van der Waals surface area contributed by atoms with Crippen molar-refractivity contribution >= 4 is 16.7 Å². The van der Waals surface area contributed by atoms with Gasteiger partial charge in [-0.2, -0.15) is 0 Å². The molecule has 0 aliphatic carbocycles. The molecule has 0 saturated carbocycles. The van der Waals surface area contributed by atoms with Crippen LogP contribution in [0.1, 0.15) is 11.1 Å². The van der Waals surface area contributed by atoms with Crippen LogP contribution in [-0.2, 0) is 11.3 Å². The molecule has 0 aromatic heterocycles. The van der Waals surface area contributed by atoms with Crippen molar-refractivity contribution in [1.29, 1.82) is 0 Å². The van der Waals surface area contributed by atoms with Gasteiger partial charge in [-0.05, 0) is 41.6 Å². The number of hydrogen-bond acceptors (Lipinski definition) is 2. The molecular formula is C15H15NO2. The third-order valence-corrected chi connectivity index (χ3v) is 2.93. The van der Waals surface area contributed by atoms with Crippen LogP contribution in [0.3, 0.4) is 0 Å². The number of aryl methyl sites for hydroxylation is 1. The standard InChI is InChI=1S/C15H15NO2/c1-3-15(18)16-9-11-5-6-12-13(8-11)10(2)4-7-14(12)17/h3-8,17H,1,9H2,2H3,(H,16,18). The zero-order valence-electron chi connectivity index (χ0n) is 10.2. The van der Waals surface area contributed by atoms with E-state index in [1.165, 1.54) is 6.08 Å². The molecule has 3 heteroatoms. The van der Waals surface area contributed by atoms with Crippen molar-refractivity contribution in [2.75, 3.05) is 0 Å². The van der Waals surface area contributed by atoms with E-state index in [1.807, 2.05) is 31.2 Å². The van der Waals surface area contributed by atoms with Crippen LogP contribution in [0.25, 0.3) is 10.8 Å². The van der Waals surface area contributed by atoms with Crippen LogP contribution < -0.4 is 5.32 Å². The highest BCUT2D eigenvalue weighted by Crippen LogP contribution is 2.28. The highest BCUT2D eigenvalue weighted by Gasteiger charge is 2.04. The topological polar surface area (TPSA) is 49.3 Å². The van der Waals surface area contributed by atoms with Gasteiger partial charge in [0.2, 0.25) is 5.91 Å². The number of phenolic OH excluding ortho intramolecular Hbond substituents is 1. The summed E-state index contributed by atoms with van der Waals surface area (Å²) in [5, 5.41) is 14.3. The lowest BCUT2D eigenvalue weighted by Crippen LogP contribution is -2.19. The van der Waals surface area contributed by atoms with Gasteiger partial charge in [-0.3, -0.25) is 4.79 Å². The molecule has 0 bridgehead atoms. The van der Waals surface area contributed by atoms with E-state index < -0.39 is 0 Å². The fourth-order valence-electron chi connectivity index (χ4n) is 1.90. The number of carbonyl (C=O) groups is 1. The molecule has 0 aliphatic rings. The highest BCUT2D eigenvalue weighted by atomic mass is 16.3. The molecule has 0 aliphatic heterocycles. The number of hydrogen-bond donors (Lipinski definition) is 2. The molecule has 92 valence electrons. The Morgan fingerprint density at radius 1 is 1.33 bits per heavy atom. The third-order valence-electron chi connectivity index (χ3n) is 2.93. The molecule has 0 fully saturated rings. The van der Waals surface area contributed by atoms with Crippen LogP contribution in [0.15, 0.2) is 43.0 Å². The molecule has 2 aromatic rings. The Morgan fingerprint density at radius 2 is 2.11 bits per heavy atom. The van der Waals surface area contributed by atoms with E-state index in [1.54, 1.807) is 6.07 Å². The van der Waals surface area contributed by atoms with Crippen LogP contribution in [0.2, 0.25) is 0 Å². The number of fused-ring (bicyclic) bond motifs is 1. The second-order valence-electron chi connectivity index (χ2n) is 4.20. The Hall–Kier alpha value is -2.29. The maximum Gasteiger partial charge on any atom is 0.243 e. The van der Waals surface area contributed by atoms with Crippen molar-refractivity contribution in [2.24, 2.45) is 0 Å². The summed E-state index contributed by atoms with van der Waals surface area (Å²) >= 11 is 0. The second kappa shape index (κ2) is 4.92. The molecule has 2 rings (SSSR count). The number of phenols is 1. The van der Waals surface area contributed by atoms with E-state index in [0.717, 1.165) is 21.9 Å². The maximum atomic E-state index is 11.1. The first kappa shape index (κ1) is 12.2. The van der Waals surface area contributed by atoms with E-state index in [2.05, 4.69) is 11.9 Å². The lowest BCUT2D eigenvalue weighted by Gasteiger charge is -2.08. The van der Waals surface area contributed by atoms with Crippen LogP contribution >= 0.6 is 0 Å². The van der Waals surface area contributed by atoms with E-state index in [-0.39, 0.29) is 11.7 Å². The minimum absolute atomic E-state index is 0.192. The Bertz CT molecular complexity index is 617. The van der Waals surface area contributed by atoms with Gasteiger partial charge in [0.25, 0.3) is 0 Å². The van der Waals surface area contributed by atoms with Crippen molar-refractivity contribution in [3.8, 4) is 5.75 Å². The van der Waals surface area contributed by atoms with Gasteiger partial charge in [0.1, 0.15) is 5.75 Å². The summed E-state index contributed by atoms with van der Waals surface area (Å²) in [5.74, 6) is 0.0833. The van der Waals surface area contributed by atoms with Gasteiger partial charge in [0.05, 0.1) is 0 Å². The summed E-state index contributed by atoms with van der Waals surface area (Å²) in [6.45, 7) is 5.85. The quantitative estimate of drug-likeness (QED) is 0.812. The van der Waals surface area contributed by atoms with Crippen molar-refractivity contribution in [3.63, 3.8) is 0 Å². The van der Waals surface area contributed by atoms with Gasteiger partial charge in [0, 0.05) is 11.9 Å². The molecule has 0 atom stereocenters. The van der Waals surface area contributed by atoms with E-state index in [0.29, 0.717) is 6.54 Å². The number of carbonyl (C=O) groups excluding carboxylic acids is 1. The molecule has 2 aromatic carbocycles. The molecule has 2 N–H and O–H groups in total. The minimum Gasteiger partial charge on any atom is -0.507 e. The lowest BCUT2D eigenvalue weighted by molar-refractivity contribution is -0.116.